The molecule has 0 saturated heterocycles. The van der Waals surface area contributed by atoms with Gasteiger partial charge in [-0.05, 0) is 38.8 Å². The monoisotopic (exact) mass is 440 g/mol. The SMILES string of the molecule is CCOC(=O)c1nc(NCc2nnc(C)s2)cc(OC[C@H]2CC2c2ccc(C)cn2)n1. The maximum Gasteiger partial charge on any atom is 0.376 e. The lowest BCUT2D eigenvalue weighted by atomic mass is 10.2. The van der Waals surface area contributed by atoms with Crippen molar-refractivity contribution in [3.63, 3.8) is 0 Å². The average Bonchev–Trinajstić information content (AvgIpc) is 3.42. The van der Waals surface area contributed by atoms with Crippen molar-refractivity contribution in [3.05, 3.63) is 51.5 Å². The zero-order chi connectivity index (χ0) is 21.8. The number of aryl methyl sites for hydroxylation is 2. The number of aromatic nitrogens is 5. The first kappa shape index (κ1) is 21.1. The number of ether oxygens (including phenoxy) is 2. The van der Waals surface area contributed by atoms with Gasteiger partial charge in [-0.25, -0.2) is 9.78 Å². The van der Waals surface area contributed by atoms with Gasteiger partial charge in [-0.15, -0.1) is 10.2 Å². The Morgan fingerprint density at radius 3 is 2.84 bits per heavy atom. The van der Waals surface area contributed by atoms with Crippen LogP contribution in [-0.4, -0.2) is 44.3 Å². The van der Waals surface area contributed by atoms with E-state index in [0.29, 0.717) is 36.7 Å². The van der Waals surface area contributed by atoms with Crippen LogP contribution in [0.1, 0.15) is 51.2 Å². The number of anilines is 1. The summed E-state index contributed by atoms with van der Waals surface area (Å²) in [7, 11) is 0. The quantitative estimate of drug-likeness (QED) is 0.501. The van der Waals surface area contributed by atoms with Gasteiger partial charge < -0.3 is 14.8 Å². The van der Waals surface area contributed by atoms with E-state index in [0.717, 1.165) is 27.7 Å². The number of carbonyl (C=O) groups is 1. The third-order valence-corrected chi connectivity index (χ3v) is 5.67. The fourth-order valence-corrected chi connectivity index (χ4v) is 3.79. The molecule has 1 N–H and O–H groups in total. The van der Waals surface area contributed by atoms with Gasteiger partial charge in [-0.1, -0.05) is 17.4 Å². The minimum Gasteiger partial charge on any atom is -0.477 e. The predicted octanol–water partition coefficient (Wildman–Crippen LogP) is 3.31. The van der Waals surface area contributed by atoms with Gasteiger partial charge in [0.2, 0.25) is 11.7 Å². The van der Waals surface area contributed by atoms with Gasteiger partial charge in [0.1, 0.15) is 15.8 Å². The number of carbonyl (C=O) groups excluding carboxylic acids is 1. The van der Waals surface area contributed by atoms with E-state index < -0.39 is 5.97 Å². The number of nitrogens with zero attached hydrogens (tertiary/aromatic N) is 5. The lowest BCUT2D eigenvalue weighted by Gasteiger charge is -2.10. The molecule has 10 heteroatoms. The van der Waals surface area contributed by atoms with E-state index in [1.165, 1.54) is 11.3 Å². The molecule has 0 aliphatic heterocycles. The third kappa shape index (κ3) is 5.52. The summed E-state index contributed by atoms with van der Waals surface area (Å²) in [6, 6.07) is 5.82. The van der Waals surface area contributed by atoms with Crippen molar-refractivity contribution in [2.75, 3.05) is 18.5 Å². The van der Waals surface area contributed by atoms with Crippen molar-refractivity contribution in [3.8, 4) is 5.88 Å². The Morgan fingerprint density at radius 1 is 1.26 bits per heavy atom. The van der Waals surface area contributed by atoms with Crippen LogP contribution in [-0.2, 0) is 11.3 Å². The summed E-state index contributed by atoms with van der Waals surface area (Å²) >= 11 is 1.49. The Labute approximate surface area is 184 Å². The topological polar surface area (TPSA) is 112 Å². The van der Waals surface area contributed by atoms with Crippen LogP contribution in [0.3, 0.4) is 0 Å². The average molecular weight is 441 g/mol. The van der Waals surface area contributed by atoms with Crippen LogP contribution < -0.4 is 10.1 Å². The molecular weight excluding hydrogens is 416 g/mol. The fourth-order valence-electron chi connectivity index (χ4n) is 3.14. The van der Waals surface area contributed by atoms with Gasteiger partial charge in [0.15, 0.2) is 0 Å². The van der Waals surface area contributed by atoms with Gasteiger partial charge in [0.25, 0.3) is 0 Å². The minimum atomic E-state index is -0.587. The number of hydrogen-bond donors (Lipinski definition) is 1. The molecule has 2 atom stereocenters. The highest BCUT2D eigenvalue weighted by atomic mass is 32.1. The summed E-state index contributed by atoms with van der Waals surface area (Å²) in [6.07, 6.45) is 2.91. The summed E-state index contributed by atoms with van der Waals surface area (Å²) in [5, 5.41) is 12.9. The number of esters is 1. The molecule has 0 aromatic carbocycles. The fraction of sp³-hybridized carbons (Fsp3) is 0.429. The van der Waals surface area contributed by atoms with Gasteiger partial charge in [0, 0.05) is 29.8 Å². The summed E-state index contributed by atoms with van der Waals surface area (Å²) in [4.78, 5) is 25.2. The van der Waals surface area contributed by atoms with E-state index in [4.69, 9.17) is 9.47 Å². The summed E-state index contributed by atoms with van der Waals surface area (Å²) in [5.74, 6) is 0.936. The molecule has 0 radical (unpaired) electrons. The Kier molecular flexibility index (Phi) is 6.36. The standard InChI is InChI=1S/C21H24N6O3S/c1-4-29-21(28)20-24-17(23-10-19-27-26-13(3)31-19)8-18(25-20)30-11-14-7-15(14)16-6-5-12(2)9-22-16/h5-6,8-9,14-15H,4,7,10-11H2,1-3H3,(H,23,24,25)/t14-,15?/m1/s1. The zero-order valence-corrected chi connectivity index (χ0v) is 18.5. The van der Waals surface area contributed by atoms with Gasteiger partial charge in [0.05, 0.1) is 19.8 Å². The maximum atomic E-state index is 12.2. The molecule has 1 aliphatic carbocycles. The molecule has 3 aromatic heterocycles. The van der Waals surface area contributed by atoms with Crippen molar-refractivity contribution in [2.45, 2.75) is 39.7 Å². The minimum absolute atomic E-state index is 0.0390. The second-order valence-electron chi connectivity index (χ2n) is 7.38. The molecule has 0 amide bonds. The summed E-state index contributed by atoms with van der Waals surface area (Å²) in [5.41, 5.74) is 2.23. The Hall–Kier alpha value is -3.14. The van der Waals surface area contributed by atoms with E-state index in [1.54, 1.807) is 13.0 Å². The smallest absolute Gasteiger partial charge is 0.376 e. The summed E-state index contributed by atoms with van der Waals surface area (Å²) < 4.78 is 11.0. The Bertz CT molecular complexity index is 1060. The second kappa shape index (κ2) is 9.34. The molecule has 3 aromatic rings. The lowest BCUT2D eigenvalue weighted by molar-refractivity contribution is 0.0510. The molecule has 1 fully saturated rings. The maximum absolute atomic E-state index is 12.2. The second-order valence-corrected chi connectivity index (χ2v) is 8.64. The number of hydrogen-bond acceptors (Lipinski definition) is 10. The first-order chi connectivity index (χ1) is 15.0. The Balaban J connectivity index is 1.42. The van der Waals surface area contributed by atoms with Crippen molar-refractivity contribution in [1.29, 1.82) is 0 Å². The van der Waals surface area contributed by atoms with E-state index in [2.05, 4.69) is 42.6 Å². The molecule has 4 rings (SSSR count). The normalized spacial score (nSPS) is 17.3. The van der Waals surface area contributed by atoms with Gasteiger partial charge in [-0.3, -0.25) is 4.98 Å². The first-order valence-corrected chi connectivity index (χ1v) is 11.0. The van der Waals surface area contributed by atoms with Crippen LogP contribution >= 0.6 is 11.3 Å². The van der Waals surface area contributed by atoms with E-state index in [1.807, 2.05) is 20.0 Å². The number of rotatable bonds is 9. The highest BCUT2D eigenvalue weighted by Gasteiger charge is 2.40. The molecular formula is C21H24N6O3S. The molecule has 9 nitrogen and oxygen atoms in total. The summed E-state index contributed by atoms with van der Waals surface area (Å²) in [6.45, 7) is 6.84. The number of nitrogens with one attached hydrogen (secondary N) is 1. The van der Waals surface area contributed by atoms with Crippen molar-refractivity contribution in [1.82, 2.24) is 25.1 Å². The van der Waals surface area contributed by atoms with Crippen LogP contribution in [0.5, 0.6) is 5.88 Å². The highest BCUT2D eigenvalue weighted by Crippen LogP contribution is 2.46. The van der Waals surface area contributed by atoms with E-state index in [9.17, 15) is 4.79 Å². The largest absolute Gasteiger partial charge is 0.477 e. The van der Waals surface area contributed by atoms with Crippen molar-refractivity contribution < 1.29 is 14.3 Å². The van der Waals surface area contributed by atoms with Crippen molar-refractivity contribution >= 4 is 23.1 Å². The molecule has 31 heavy (non-hydrogen) atoms. The number of pyridine rings is 1. The third-order valence-electron chi connectivity index (χ3n) is 4.83. The molecule has 0 bridgehead atoms. The van der Waals surface area contributed by atoms with Crippen LogP contribution in [0, 0.1) is 19.8 Å². The van der Waals surface area contributed by atoms with Gasteiger partial charge >= 0.3 is 5.97 Å². The lowest BCUT2D eigenvalue weighted by Crippen LogP contribution is -2.14. The van der Waals surface area contributed by atoms with Crippen LogP contribution in [0.2, 0.25) is 0 Å². The molecule has 3 heterocycles. The van der Waals surface area contributed by atoms with E-state index in [-0.39, 0.29) is 12.4 Å². The zero-order valence-electron chi connectivity index (χ0n) is 17.7. The predicted molar refractivity (Wildman–Crippen MR) is 115 cm³/mol. The highest BCUT2D eigenvalue weighted by molar-refractivity contribution is 7.11. The van der Waals surface area contributed by atoms with E-state index >= 15 is 0 Å². The van der Waals surface area contributed by atoms with Gasteiger partial charge in [-0.2, -0.15) is 4.98 Å². The van der Waals surface area contributed by atoms with Crippen molar-refractivity contribution in [2.24, 2.45) is 5.92 Å². The molecule has 1 saturated carbocycles. The molecule has 162 valence electrons. The molecule has 0 spiro atoms. The van der Waals surface area contributed by atoms with Crippen LogP contribution in [0.25, 0.3) is 0 Å². The molecule has 1 aliphatic rings. The van der Waals surface area contributed by atoms with Crippen LogP contribution in [0.15, 0.2) is 24.4 Å². The molecule has 1 unspecified atom stereocenters. The first-order valence-electron chi connectivity index (χ1n) is 10.2. The Morgan fingerprint density at radius 2 is 2.13 bits per heavy atom. The van der Waals surface area contributed by atoms with Crippen LogP contribution in [0.4, 0.5) is 5.82 Å².